The summed E-state index contributed by atoms with van der Waals surface area (Å²) in [5.74, 6) is 0.963. The van der Waals surface area contributed by atoms with Crippen molar-refractivity contribution in [2.24, 2.45) is 5.92 Å². The molecule has 2 rings (SSSR count). The van der Waals surface area contributed by atoms with Crippen molar-refractivity contribution in [2.45, 2.75) is 39.2 Å². The maximum atomic E-state index is 11.9. The van der Waals surface area contributed by atoms with Gasteiger partial charge in [0.2, 0.25) is 0 Å². The highest BCUT2D eigenvalue weighted by molar-refractivity contribution is 5.78. The van der Waals surface area contributed by atoms with Gasteiger partial charge in [-0.05, 0) is 51.3 Å². The van der Waals surface area contributed by atoms with Crippen LogP contribution in [-0.4, -0.2) is 19.7 Å². The lowest BCUT2D eigenvalue weighted by molar-refractivity contribution is -0.135. The molecule has 4 heteroatoms. The molecule has 0 N–H and O–H groups in total. The van der Waals surface area contributed by atoms with E-state index < -0.39 is 5.60 Å². The highest BCUT2D eigenvalue weighted by Crippen LogP contribution is 2.36. The number of methoxy groups -OCH3 is 1. The first-order valence-corrected chi connectivity index (χ1v) is 7.02. The molecule has 0 aromatic heterocycles. The lowest BCUT2D eigenvalue weighted by Crippen LogP contribution is -2.20. The summed E-state index contributed by atoms with van der Waals surface area (Å²) >= 11 is 0. The number of benzene rings is 1. The molecule has 0 aliphatic heterocycles. The summed E-state index contributed by atoms with van der Waals surface area (Å²) in [5.41, 5.74) is 0.507. The summed E-state index contributed by atoms with van der Waals surface area (Å²) in [6.07, 6.45) is 1.85. The minimum absolute atomic E-state index is 0.0589. The highest BCUT2D eigenvalue weighted by atomic mass is 16.6. The Bertz CT molecular complexity index is 489. The molecule has 20 heavy (non-hydrogen) atoms. The van der Waals surface area contributed by atoms with Crippen LogP contribution in [-0.2, 0) is 15.1 Å². The van der Waals surface area contributed by atoms with Gasteiger partial charge in [-0.3, -0.25) is 4.79 Å². The van der Waals surface area contributed by atoms with Gasteiger partial charge in [0.25, 0.3) is 0 Å². The maximum Gasteiger partial charge on any atom is 0.314 e. The number of hydrogen-bond donors (Lipinski definition) is 0. The molecule has 4 nitrogen and oxygen atoms in total. The summed E-state index contributed by atoms with van der Waals surface area (Å²) in [6, 6.07) is 5.59. The molecule has 0 heterocycles. The number of rotatable bonds is 6. The third-order valence-corrected chi connectivity index (χ3v) is 3.57. The second-order valence-corrected chi connectivity index (χ2v) is 5.50. The monoisotopic (exact) mass is 278 g/mol. The number of carbonyl (C=O) groups is 1. The zero-order chi connectivity index (χ0) is 14.8. The fourth-order valence-corrected chi connectivity index (χ4v) is 1.87. The number of esters is 1. The maximum absolute atomic E-state index is 11.9. The summed E-state index contributed by atoms with van der Waals surface area (Å²) < 4.78 is 16.5. The van der Waals surface area contributed by atoms with Crippen LogP contribution >= 0.6 is 0 Å². The fraction of sp³-hybridized carbons (Fsp3) is 0.562. The number of ether oxygens (including phenoxy) is 3. The van der Waals surface area contributed by atoms with Crippen molar-refractivity contribution in [3.05, 3.63) is 23.8 Å². The lowest BCUT2D eigenvalue weighted by Gasteiger charge is -2.24. The van der Waals surface area contributed by atoms with E-state index in [1.54, 1.807) is 7.11 Å². The molecular formula is C16H22O4. The molecule has 1 aliphatic rings. The Morgan fingerprint density at radius 3 is 2.55 bits per heavy atom. The van der Waals surface area contributed by atoms with E-state index in [9.17, 15) is 4.79 Å². The lowest BCUT2D eigenvalue weighted by atomic mass is 9.97. The van der Waals surface area contributed by atoms with Gasteiger partial charge < -0.3 is 14.2 Å². The summed E-state index contributed by atoms with van der Waals surface area (Å²) in [7, 11) is 1.66. The zero-order valence-corrected chi connectivity index (χ0v) is 12.6. The summed E-state index contributed by atoms with van der Waals surface area (Å²) in [5, 5.41) is 0. The van der Waals surface area contributed by atoms with Gasteiger partial charge in [0.1, 0.15) is 0 Å². The quantitative estimate of drug-likeness (QED) is 0.591. The van der Waals surface area contributed by atoms with E-state index in [-0.39, 0.29) is 11.9 Å². The van der Waals surface area contributed by atoms with Gasteiger partial charge >= 0.3 is 5.97 Å². The Hall–Kier alpha value is -1.55. The molecule has 110 valence electrons. The van der Waals surface area contributed by atoms with E-state index in [0.717, 1.165) is 18.4 Å². The Labute approximate surface area is 120 Å². The second kappa shape index (κ2) is 5.83. The molecule has 0 spiro atoms. The molecule has 0 atom stereocenters. The van der Waals surface area contributed by atoms with Gasteiger partial charge in [-0.15, -0.1) is 0 Å². The Morgan fingerprint density at radius 2 is 2.00 bits per heavy atom. The highest BCUT2D eigenvalue weighted by Gasteiger charge is 2.32. The standard InChI is InChI=1S/C16H22O4/c1-5-19-13-9-8-12(16(2,3)18-4)10-14(13)20-15(17)11-6-7-11/h8-11H,5-7H2,1-4H3. The van der Waals surface area contributed by atoms with Gasteiger partial charge in [0.05, 0.1) is 18.1 Å². The van der Waals surface area contributed by atoms with E-state index in [1.807, 2.05) is 39.0 Å². The first-order chi connectivity index (χ1) is 9.47. The summed E-state index contributed by atoms with van der Waals surface area (Å²) in [6.45, 7) is 6.37. The molecule has 0 radical (unpaired) electrons. The Balaban J connectivity index is 2.28. The van der Waals surface area contributed by atoms with Crippen molar-refractivity contribution in [3.8, 4) is 11.5 Å². The normalized spacial score (nSPS) is 15.0. The van der Waals surface area contributed by atoms with Crippen LogP contribution < -0.4 is 9.47 Å². The summed E-state index contributed by atoms with van der Waals surface area (Å²) in [4.78, 5) is 11.9. The largest absolute Gasteiger partial charge is 0.490 e. The van der Waals surface area contributed by atoms with Gasteiger partial charge in [-0.1, -0.05) is 6.07 Å². The van der Waals surface area contributed by atoms with Crippen LogP contribution in [0.5, 0.6) is 11.5 Å². The molecule has 1 saturated carbocycles. The fourth-order valence-electron chi connectivity index (χ4n) is 1.87. The predicted octanol–water partition coefficient (Wildman–Crippen LogP) is 3.28. The second-order valence-electron chi connectivity index (χ2n) is 5.50. The van der Waals surface area contributed by atoms with Crippen LogP contribution in [0, 0.1) is 5.92 Å². The van der Waals surface area contributed by atoms with Crippen LogP contribution in [0.2, 0.25) is 0 Å². The van der Waals surface area contributed by atoms with Crippen LogP contribution in [0.3, 0.4) is 0 Å². The third-order valence-electron chi connectivity index (χ3n) is 3.57. The molecule has 0 unspecified atom stereocenters. The van der Waals surface area contributed by atoms with E-state index in [1.165, 1.54) is 0 Å². The SMILES string of the molecule is CCOc1ccc(C(C)(C)OC)cc1OC(=O)C1CC1. The van der Waals surface area contributed by atoms with E-state index in [4.69, 9.17) is 14.2 Å². The minimum Gasteiger partial charge on any atom is -0.490 e. The molecule has 1 aromatic rings. The Kier molecular flexibility index (Phi) is 4.33. The average molecular weight is 278 g/mol. The first-order valence-electron chi connectivity index (χ1n) is 7.02. The van der Waals surface area contributed by atoms with Gasteiger partial charge in [0, 0.05) is 7.11 Å². The van der Waals surface area contributed by atoms with Crippen molar-refractivity contribution >= 4 is 5.97 Å². The predicted molar refractivity (Wildman–Crippen MR) is 76.0 cm³/mol. The molecule has 1 aliphatic carbocycles. The van der Waals surface area contributed by atoms with Crippen molar-refractivity contribution in [1.82, 2.24) is 0 Å². The zero-order valence-electron chi connectivity index (χ0n) is 12.6. The van der Waals surface area contributed by atoms with Crippen LogP contribution in [0.25, 0.3) is 0 Å². The van der Waals surface area contributed by atoms with Crippen molar-refractivity contribution < 1.29 is 19.0 Å². The third kappa shape index (κ3) is 3.31. The van der Waals surface area contributed by atoms with Crippen LogP contribution in [0.4, 0.5) is 0 Å². The Morgan fingerprint density at radius 1 is 1.30 bits per heavy atom. The molecule has 0 bridgehead atoms. The van der Waals surface area contributed by atoms with E-state index in [2.05, 4.69) is 0 Å². The number of carbonyl (C=O) groups excluding carboxylic acids is 1. The first kappa shape index (κ1) is 14.9. The smallest absolute Gasteiger partial charge is 0.314 e. The van der Waals surface area contributed by atoms with Crippen molar-refractivity contribution in [2.75, 3.05) is 13.7 Å². The van der Waals surface area contributed by atoms with Crippen molar-refractivity contribution in [1.29, 1.82) is 0 Å². The number of hydrogen-bond acceptors (Lipinski definition) is 4. The molecule has 1 aromatic carbocycles. The van der Waals surface area contributed by atoms with E-state index in [0.29, 0.717) is 18.1 Å². The van der Waals surface area contributed by atoms with Gasteiger partial charge in [-0.25, -0.2) is 0 Å². The van der Waals surface area contributed by atoms with Gasteiger partial charge in [0.15, 0.2) is 11.5 Å². The minimum atomic E-state index is -0.439. The van der Waals surface area contributed by atoms with E-state index >= 15 is 0 Å². The topological polar surface area (TPSA) is 44.8 Å². The van der Waals surface area contributed by atoms with Gasteiger partial charge in [-0.2, -0.15) is 0 Å². The van der Waals surface area contributed by atoms with Crippen LogP contribution in [0.1, 0.15) is 39.2 Å². The molecule has 1 fully saturated rings. The van der Waals surface area contributed by atoms with Crippen LogP contribution in [0.15, 0.2) is 18.2 Å². The molecule has 0 amide bonds. The van der Waals surface area contributed by atoms with Crippen molar-refractivity contribution in [3.63, 3.8) is 0 Å². The molecule has 0 saturated heterocycles. The average Bonchev–Trinajstić information content (AvgIpc) is 3.25. The molecular weight excluding hydrogens is 256 g/mol.